The van der Waals surface area contributed by atoms with Crippen LogP contribution in [-0.2, 0) is 6.54 Å². The lowest BCUT2D eigenvalue weighted by Gasteiger charge is -2.33. The van der Waals surface area contributed by atoms with E-state index in [4.69, 9.17) is 0 Å². The van der Waals surface area contributed by atoms with E-state index in [-0.39, 0.29) is 5.54 Å². The van der Waals surface area contributed by atoms with Crippen molar-refractivity contribution in [1.82, 2.24) is 15.2 Å². The topological polar surface area (TPSA) is 28.2 Å². The first-order chi connectivity index (χ1) is 8.96. The first-order valence-corrected chi connectivity index (χ1v) is 7.34. The molecule has 3 nitrogen and oxygen atoms in total. The van der Waals surface area contributed by atoms with Crippen LogP contribution < -0.4 is 5.32 Å². The van der Waals surface area contributed by atoms with E-state index in [0.29, 0.717) is 6.04 Å². The summed E-state index contributed by atoms with van der Waals surface area (Å²) in [5, 5.41) is 3.62. The van der Waals surface area contributed by atoms with Gasteiger partial charge in [0, 0.05) is 37.1 Å². The molecular formula is C16H29N3. The molecule has 0 aromatic carbocycles. The minimum atomic E-state index is 0.184. The highest BCUT2D eigenvalue weighted by molar-refractivity contribution is 5.09. The Labute approximate surface area is 118 Å². The predicted molar refractivity (Wildman–Crippen MR) is 82.2 cm³/mol. The van der Waals surface area contributed by atoms with E-state index in [9.17, 15) is 0 Å². The molecule has 0 spiro atoms. The van der Waals surface area contributed by atoms with E-state index >= 15 is 0 Å². The van der Waals surface area contributed by atoms with Crippen molar-refractivity contribution in [1.29, 1.82) is 0 Å². The lowest BCUT2D eigenvalue weighted by atomic mass is 10.1. The number of likely N-dealkylation sites (N-methyl/N-ethyl adjacent to an activating group) is 1. The minimum absolute atomic E-state index is 0.184. The average Bonchev–Trinajstić information content (AvgIpc) is 2.38. The van der Waals surface area contributed by atoms with Crippen molar-refractivity contribution in [3.63, 3.8) is 0 Å². The van der Waals surface area contributed by atoms with Gasteiger partial charge >= 0.3 is 0 Å². The molecule has 19 heavy (non-hydrogen) atoms. The summed E-state index contributed by atoms with van der Waals surface area (Å²) < 4.78 is 0. The lowest BCUT2D eigenvalue weighted by Crippen LogP contribution is -2.47. The number of aromatic nitrogens is 1. The number of nitrogens with zero attached hydrogens (tertiary/aromatic N) is 2. The molecule has 1 atom stereocenters. The van der Waals surface area contributed by atoms with Crippen LogP contribution in [0.4, 0.5) is 0 Å². The molecule has 0 amide bonds. The summed E-state index contributed by atoms with van der Waals surface area (Å²) in [6.45, 7) is 14.3. The summed E-state index contributed by atoms with van der Waals surface area (Å²) in [7, 11) is 0. The Morgan fingerprint density at radius 1 is 1.21 bits per heavy atom. The van der Waals surface area contributed by atoms with Gasteiger partial charge in [0.05, 0.1) is 0 Å². The van der Waals surface area contributed by atoms with Crippen LogP contribution in [-0.4, -0.2) is 34.6 Å². The first kappa shape index (κ1) is 16.1. The van der Waals surface area contributed by atoms with Crippen molar-refractivity contribution in [2.24, 2.45) is 0 Å². The smallest absolute Gasteiger partial charge is 0.0271 e. The molecule has 3 heteroatoms. The minimum Gasteiger partial charge on any atom is -0.311 e. The molecule has 1 heterocycles. The molecule has 1 aromatic rings. The molecule has 1 rings (SSSR count). The van der Waals surface area contributed by atoms with E-state index in [1.54, 1.807) is 0 Å². The molecule has 0 aliphatic rings. The number of hydrogen-bond donors (Lipinski definition) is 1. The fraction of sp³-hybridized carbons (Fsp3) is 0.688. The van der Waals surface area contributed by atoms with Crippen molar-refractivity contribution in [3.05, 3.63) is 30.1 Å². The van der Waals surface area contributed by atoms with Gasteiger partial charge in [0.2, 0.25) is 0 Å². The third-order valence-electron chi connectivity index (χ3n) is 3.40. The molecule has 1 N–H and O–H groups in total. The summed E-state index contributed by atoms with van der Waals surface area (Å²) in [5.41, 5.74) is 1.52. The Kier molecular flexibility index (Phi) is 6.46. The summed E-state index contributed by atoms with van der Waals surface area (Å²) >= 11 is 0. The van der Waals surface area contributed by atoms with Crippen LogP contribution in [0.3, 0.4) is 0 Å². The van der Waals surface area contributed by atoms with E-state index in [0.717, 1.165) is 19.6 Å². The maximum atomic E-state index is 4.08. The second kappa shape index (κ2) is 7.61. The van der Waals surface area contributed by atoms with Gasteiger partial charge in [0.1, 0.15) is 0 Å². The molecule has 0 bridgehead atoms. The van der Waals surface area contributed by atoms with E-state index < -0.39 is 0 Å². The van der Waals surface area contributed by atoms with Gasteiger partial charge in [-0.1, -0.05) is 13.8 Å². The van der Waals surface area contributed by atoms with Crippen LogP contribution in [0.5, 0.6) is 0 Å². The zero-order valence-corrected chi connectivity index (χ0v) is 13.1. The highest BCUT2D eigenvalue weighted by atomic mass is 15.2. The van der Waals surface area contributed by atoms with Crippen molar-refractivity contribution in [2.75, 3.05) is 13.1 Å². The third-order valence-corrected chi connectivity index (χ3v) is 3.40. The van der Waals surface area contributed by atoms with Gasteiger partial charge < -0.3 is 5.32 Å². The summed E-state index contributed by atoms with van der Waals surface area (Å²) in [6, 6.07) is 4.79. The first-order valence-electron chi connectivity index (χ1n) is 7.34. The monoisotopic (exact) mass is 263 g/mol. The fourth-order valence-electron chi connectivity index (χ4n) is 2.18. The standard InChI is InChI=1S/C16H29N3/c1-6-15(12-18-16(3,4)5)19(7-2)13-14-8-10-17-11-9-14/h8-11,15,18H,6-7,12-13H2,1-5H3. The van der Waals surface area contributed by atoms with Gasteiger partial charge in [-0.25, -0.2) is 0 Å². The maximum absolute atomic E-state index is 4.08. The SMILES string of the molecule is CCC(CNC(C)(C)C)N(CC)Cc1ccncc1. The zero-order valence-electron chi connectivity index (χ0n) is 13.1. The van der Waals surface area contributed by atoms with Gasteiger partial charge in [-0.05, 0) is 51.4 Å². The Bertz CT molecular complexity index is 343. The Balaban J connectivity index is 2.60. The van der Waals surface area contributed by atoms with E-state index in [1.807, 2.05) is 12.4 Å². The third kappa shape index (κ3) is 6.17. The Morgan fingerprint density at radius 2 is 1.84 bits per heavy atom. The van der Waals surface area contributed by atoms with Crippen molar-refractivity contribution in [3.8, 4) is 0 Å². The largest absolute Gasteiger partial charge is 0.311 e. The second-order valence-electron chi connectivity index (χ2n) is 6.11. The van der Waals surface area contributed by atoms with Gasteiger partial charge in [0.25, 0.3) is 0 Å². The van der Waals surface area contributed by atoms with E-state index in [1.165, 1.54) is 12.0 Å². The van der Waals surface area contributed by atoms with Crippen LogP contribution in [0.1, 0.15) is 46.6 Å². The van der Waals surface area contributed by atoms with Gasteiger partial charge in [-0.15, -0.1) is 0 Å². The fourth-order valence-corrected chi connectivity index (χ4v) is 2.18. The van der Waals surface area contributed by atoms with Crippen LogP contribution in [0, 0.1) is 0 Å². The normalized spacial score (nSPS) is 13.8. The van der Waals surface area contributed by atoms with Gasteiger partial charge in [-0.2, -0.15) is 0 Å². The molecule has 0 aliphatic heterocycles. The molecule has 1 aromatic heterocycles. The Hall–Kier alpha value is -0.930. The molecular weight excluding hydrogens is 234 g/mol. The van der Waals surface area contributed by atoms with Crippen LogP contribution in [0.2, 0.25) is 0 Å². The molecule has 0 aliphatic carbocycles. The number of hydrogen-bond acceptors (Lipinski definition) is 3. The molecule has 108 valence electrons. The maximum Gasteiger partial charge on any atom is 0.0271 e. The molecule has 0 radical (unpaired) electrons. The summed E-state index contributed by atoms with van der Waals surface area (Å²) in [5.74, 6) is 0. The number of pyridine rings is 1. The van der Waals surface area contributed by atoms with Crippen LogP contribution in [0.25, 0.3) is 0 Å². The predicted octanol–water partition coefficient (Wildman–Crippen LogP) is 3.07. The summed E-state index contributed by atoms with van der Waals surface area (Å²) in [4.78, 5) is 6.62. The Morgan fingerprint density at radius 3 is 2.32 bits per heavy atom. The highest BCUT2D eigenvalue weighted by Crippen LogP contribution is 2.11. The zero-order chi connectivity index (χ0) is 14.3. The van der Waals surface area contributed by atoms with Crippen LogP contribution >= 0.6 is 0 Å². The van der Waals surface area contributed by atoms with Crippen molar-refractivity contribution < 1.29 is 0 Å². The average molecular weight is 263 g/mol. The number of rotatable bonds is 7. The molecule has 0 fully saturated rings. The second-order valence-corrected chi connectivity index (χ2v) is 6.11. The molecule has 0 saturated carbocycles. The van der Waals surface area contributed by atoms with E-state index in [2.05, 4.69) is 62.0 Å². The van der Waals surface area contributed by atoms with Crippen molar-refractivity contribution in [2.45, 2.75) is 59.2 Å². The molecule has 1 unspecified atom stereocenters. The van der Waals surface area contributed by atoms with Gasteiger partial charge in [0.15, 0.2) is 0 Å². The quantitative estimate of drug-likeness (QED) is 0.819. The number of nitrogens with one attached hydrogen (secondary N) is 1. The van der Waals surface area contributed by atoms with Crippen molar-refractivity contribution >= 4 is 0 Å². The highest BCUT2D eigenvalue weighted by Gasteiger charge is 2.18. The summed E-state index contributed by atoms with van der Waals surface area (Å²) in [6.07, 6.45) is 4.91. The lowest BCUT2D eigenvalue weighted by molar-refractivity contribution is 0.178. The van der Waals surface area contributed by atoms with Gasteiger partial charge in [-0.3, -0.25) is 9.88 Å². The van der Waals surface area contributed by atoms with Crippen LogP contribution in [0.15, 0.2) is 24.5 Å². The molecule has 0 saturated heterocycles.